The molecule has 2 aromatic heterocycles. The minimum atomic E-state index is -0.0449. The van der Waals surface area contributed by atoms with Gasteiger partial charge >= 0.3 is 0 Å². The molecule has 2 rings (SSSR count). The maximum Gasteiger partial charge on any atom is 0.277 e. The molecule has 2 heterocycles. The van der Waals surface area contributed by atoms with E-state index < -0.39 is 0 Å². The molecule has 0 aliphatic carbocycles. The van der Waals surface area contributed by atoms with Gasteiger partial charge in [0.25, 0.3) is 5.22 Å². The zero-order chi connectivity index (χ0) is 14.5. The standard InChI is InChI=1S/C12H16N4O3S/c1-8-3-4-9(18-8)6-16(2)11(17)7-20-12-15-14-10(5-13)19-12/h3-4H,5-7,13H2,1-2H3. The molecule has 0 aromatic carbocycles. The first kappa shape index (κ1) is 14.6. The van der Waals surface area contributed by atoms with Gasteiger partial charge in [0.05, 0.1) is 18.8 Å². The van der Waals surface area contributed by atoms with Crippen LogP contribution in [0.4, 0.5) is 0 Å². The number of aryl methyl sites for hydroxylation is 1. The third-order valence-electron chi connectivity index (χ3n) is 2.56. The van der Waals surface area contributed by atoms with Gasteiger partial charge in [0.15, 0.2) is 0 Å². The lowest BCUT2D eigenvalue weighted by molar-refractivity contribution is -0.127. The van der Waals surface area contributed by atoms with Crippen LogP contribution in [0.2, 0.25) is 0 Å². The number of carbonyl (C=O) groups excluding carboxylic acids is 1. The second-order valence-electron chi connectivity index (χ2n) is 4.22. The molecule has 8 heteroatoms. The SMILES string of the molecule is Cc1ccc(CN(C)C(=O)CSc2nnc(CN)o2)o1. The van der Waals surface area contributed by atoms with Gasteiger partial charge in [0.1, 0.15) is 11.5 Å². The van der Waals surface area contributed by atoms with Gasteiger partial charge in [-0.05, 0) is 19.1 Å². The highest BCUT2D eigenvalue weighted by Gasteiger charge is 2.14. The number of thioether (sulfide) groups is 1. The summed E-state index contributed by atoms with van der Waals surface area (Å²) in [5.74, 6) is 2.13. The molecular weight excluding hydrogens is 280 g/mol. The molecular formula is C12H16N4O3S. The first-order valence-electron chi connectivity index (χ1n) is 6.03. The van der Waals surface area contributed by atoms with Crippen molar-refractivity contribution in [2.75, 3.05) is 12.8 Å². The number of carbonyl (C=O) groups is 1. The molecule has 0 fully saturated rings. The van der Waals surface area contributed by atoms with Crippen molar-refractivity contribution in [3.63, 3.8) is 0 Å². The zero-order valence-electron chi connectivity index (χ0n) is 11.3. The largest absolute Gasteiger partial charge is 0.464 e. The summed E-state index contributed by atoms with van der Waals surface area (Å²) < 4.78 is 10.6. The maximum atomic E-state index is 12.0. The van der Waals surface area contributed by atoms with Crippen molar-refractivity contribution in [1.29, 1.82) is 0 Å². The van der Waals surface area contributed by atoms with Crippen LogP contribution in [0, 0.1) is 6.92 Å². The summed E-state index contributed by atoms with van der Waals surface area (Å²) in [4.78, 5) is 13.5. The van der Waals surface area contributed by atoms with E-state index in [2.05, 4.69) is 10.2 Å². The van der Waals surface area contributed by atoms with Gasteiger partial charge in [0, 0.05) is 7.05 Å². The van der Waals surface area contributed by atoms with Gasteiger partial charge in [-0.15, -0.1) is 10.2 Å². The molecule has 108 valence electrons. The van der Waals surface area contributed by atoms with Crippen LogP contribution in [0.3, 0.4) is 0 Å². The Bertz CT molecular complexity index is 581. The van der Waals surface area contributed by atoms with Crippen molar-refractivity contribution in [3.05, 3.63) is 29.5 Å². The van der Waals surface area contributed by atoms with E-state index in [0.29, 0.717) is 17.7 Å². The van der Waals surface area contributed by atoms with Crippen LogP contribution >= 0.6 is 11.8 Å². The number of hydrogen-bond donors (Lipinski definition) is 1. The number of aromatic nitrogens is 2. The first-order valence-corrected chi connectivity index (χ1v) is 7.01. The van der Waals surface area contributed by atoms with Gasteiger partial charge in [-0.1, -0.05) is 11.8 Å². The number of amides is 1. The van der Waals surface area contributed by atoms with Crippen molar-refractivity contribution in [2.24, 2.45) is 5.73 Å². The average Bonchev–Trinajstić information content (AvgIpc) is 3.04. The van der Waals surface area contributed by atoms with Gasteiger partial charge in [-0.25, -0.2) is 0 Å². The van der Waals surface area contributed by atoms with Gasteiger partial charge < -0.3 is 19.5 Å². The minimum absolute atomic E-state index is 0.0449. The fraction of sp³-hybridized carbons (Fsp3) is 0.417. The number of nitrogens with two attached hydrogens (primary N) is 1. The Morgan fingerprint density at radius 3 is 2.80 bits per heavy atom. The smallest absolute Gasteiger partial charge is 0.277 e. The van der Waals surface area contributed by atoms with E-state index in [9.17, 15) is 4.79 Å². The molecule has 2 aromatic rings. The molecule has 0 saturated carbocycles. The monoisotopic (exact) mass is 296 g/mol. The van der Waals surface area contributed by atoms with Gasteiger partial charge in [-0.3, -0.25) is 4.79 Å². The third-order valence-corrected chi connectivity index (χ3v) is 3.36. The average molecular weight is 296 g/mol. The summed E-state index contributed by atoms with van der Waals surface area (Å²) >= 11 is 1.19. The molecule has 0 saturated heterocycles. The van der Waals surface area contributed by atoms with E-state index in [1.165, 1.54) is 11.8 Å². The first-order chi connectivity index (χ1) is 9.58. The van der Waals surface area contributed by atoms with Crippen LogP contribution in [0.25, 0.3) is 0 Å². The van der Waals surface area contributed by atoms with Gasteiger partial charge in [0.2, 0.25) is 11.8 Å². The molecule has 2 N–H and O–H groups in total. The van der Waals surface area contributed by atoms with Crippen LogP contribution < -0.4 is 5.73 Å². The zero-order valence-corrected chi connectivity index (χ0v) is 12.1. The summed E-state index contributed by atoms with van der Waals surface area (Å²) in [7, 11) is 1.72. The van der Waals surface area contributed by atoms with Crippen LogP contribution in [0.1, 0.15) is 17.4 Å². The Hall–Kier alpha value is -1.80. The van der Waals surface area contributed by atoms with Crippen molar-refractivity contribution in [2.45, 2.75) is 25.2 Å². The number of rotatable bonds is 6. The molecule has 0 bridgehead atoms. The Morgan fingerprint density at radius 2 is 2.20 bits per heavy atom. The van der Waals surface area contributed by atoms with Crippen molar-refractivity contribution in [1.82, 2.24) is 15.1 Å². The van der Waals surface area contributed by atoms with Crippen molar-refractivity contribution in [3.8, 4) is 0 Å². The molecule has 0 aliphatic heterocycles. The van der Waals surface area contributed by atoms with Gasteiger partial charge in [-0.2, -0.15) is 0 Å². The summed E-state index contributed by atoms with van der Waals surface area (Å²) in [6.07, 6.45) is 0. The Kier molecular flexibility index (Phi) is 4.80. The van der Waals surface area contributed by atoms with Crippen LogP contribution in [0.15, 0.2) is 26.2 Å². The summed E-state index contributed by atoms with van der Waals surface area (Å²) in [6, 6.07) is 3.73. The Morgan fingerprint density at radius 1 is 1.40 bits per heavy atom. The van der Waals surface area contributed by atoms with E-state index in [1.807, 2.05) is 19.1 Å². The summed E-state index contributed by atoms with van der Waals surface area (Å²) in [5.41, 5.74) is 5.36. The highest BCUT2D eigenvalue weighted by atomic mass is 32.2. The van der Waals surface area contributed by atoms with Crippen LogP contribution in [-0.4, -0.2) is 33.8 Å². The van der Waals surface area contributed by atoms with E-state index in [1.54, 1.807) is 11.9 Å². The maximum absolute atomic E-state index is 12.0. The molecule has 0 radical (unpaired) electrons. The Balaban J connectivity index is 1.81. The fourth-order valence-corrected chi connectivity index (χ4v) is 2.23. The van der Waals surface area contributed by atoms with Crippen LogP contribution in [-0.2, 0) is 17.9 Å². The summed E-state index contributed by atoms with van der Waals surface area (Å²) in [5, 5.41) is 7.86. The molecule has 0 unspecified atom stereocenters. The molecule has 0 aliphatic rings. The highest BCUT2D eigenvalue weighted by molar-refractivity contribution is 7.99. The lowest BCUT2D eigenvalue weighted by Gasteiger charge is -2.14. The Labute approximate surface area is 120 Å². The van der Waals surface area contributed by atoms with E-state index in [4.69, 9.17) is 14.6 Å². The molecule has 0 atom stereocenters. The molecule has 0 spiro atoms. The second kappa shape index (κ2) is 6.58. The summed E-state index contributed by atoms with van der Waals surface area (Å²) in [6.45, 7) is 2.50. The normalized spacial score (nSPS) is 10.8. The van der Waals surface area contributed by atoms with E-state index in [-0.39, 0.29) is 18.2 Å². The quantitative estimate of drug-likeness (QED) is 0.799. The lowest BCUT2D eigenvalue weighted by Crippen LogP contribution is -2.27. The molecule has 20 heavy (non-hydrogen) atoms. The van der Waals surface area contributed by atoms with E-state index in [0.717, 1.165) is 11.5 Å². The van der Waals surface area contributed by atoms with Crippen molar-refractivity contribution >= 4 is 17.7 Å². The van der Waals surface area contributed by atoms with E-state index >= 15 is 0 Å². The second-order valence-corrected chi connectivity index (χ2v) is 5.14. The number of nitrogens with zero attached hydrogens (tertiary/aromatic N) is 3. The van der Waals surface area contributed by atoms with Crippen LogP contribution in [0.5, 0.6) is 0 Å². The molecule has 7 nitrogen and oxygen atoms in total. The minimum Gasteiger partial charge on any atom is -0.464 e. The third kappa shape index (κ3) is 3.84. The number of furan rings is 1. The fourth-order valence-electron chi connectivity index (χ4n) is 1.50. The predicted molar refractivity (Wildman–Crippen MR) is 72.8 cm³/mol. The number of hydrogen-bond acceptors (Lipinski definition) is 7. The predicted octanol–water partition coefficient (Wildman–Crippen LogP) is 1.18. The molecule has 1 amide bonds. The lowest BCUT2D eigenvalue weighted by atomic mass is 10.4. The van der Waals surface area contributed by atoms with Crippen molar-refractivity contribution < 1.29 is 13.6 Å². The highest BCUT2D eigenvalue weighted by Crippen LogP contribution is 2.17. The topological polar surface area (TPSA) is 98.4 Å².